The number of H-pyrrole nitrogens is 1. The molecule has 1 aliphatic heterocycles. The SMILES string of the molecule is CCCSCCNC(=O)N1CCCC1c1nc2ccc(F)cc2[nH]1. The first-order chi connectivity index (χ1) is 11.7. The summed E-state index contributed by atoms with van der Waals surface area (Å²) in [6.45, 7) is 3.56. The lowest BCUT2D eigenvalue weighted by Crippen LogP contribution is -2.40. The summed E-state index contributed by atoms with van der Waals surface area (Å²) in [7, 11) is 0. The Morgan fingerprint density at radius 1 is 1.50 bits per heavy atom. The maximum Gasteiger partial charge on any atom is 0.318 e. The third-order valence-electron chi connectivity index (χ3n) is 4.16. The predicted octanol–water partition coefficient (Wildman–Crippen LogP) is 3.69. The maximum absolute atomic E-state index is 13.3. The van der Waals surface area contributed by atoms with Crippen molar-refractivity contribution in [1.82, 2.24) is 20.2 Å². The van der Waals surface area contributed by atoms with E-state index in [9.17, 15) is 9.18 Å². The predicted molar refractivity (Wildman–Crippen MR) is 95.7 cm³/mol. The smallest absolute Gasteiger partial charge is 0.318 e. The molecule has 1 aromatic heterocycles. The minimum Gasteiger partial charge on any atom is -0.340 e. The van der Waals surface area contributed by atoms with Gasteiger partial charge in [-0.15, -0.1) is 0 Å². The largest absolute Gasteiger partial charge is 0.340 e. The quantitative estimate of drug-likeness (QED) is 0.781. The van der Waals surface area contributed by atoms with E-state index in [0.717, 1.165) is 48.7 Å². The lowest BCUT2D eigenvalue weighted by molar-refractivity contribution is 0.192. The molecule has 1 unspecified atom stereocenters. The van der Waals surface area contributed by atoms with Gasteiger partial charge in [-0.2, -0.15) is 11.8 Å². The molecule has 2 aromatic rings. The molecule has 24 heavy (non-hydrogen) atoms. The molecular weight excluding hydrogens is 327 g/mol. The molecule has 1 aliphatic rings. The van der Waals surface area contributed by atoms with Gasteiger partial charge in [0.25, 0.3) is 0 Å². The fourth-order valence-corrected chi connectivity index (χ4v) is 3.77. The Morgan fingerprint density at radius 3 is 3.21 bits per heavy atom. The monoisotopic (exact) mass is 350 g/mol. The number of nitrogens with one attached hydrogen (secondary N) is 2. The summed E-state index contributed by atoms with van der Waals surface area (Å²) in [4.78, 5) is 22.0. The Balaban J connectivity index is 1.64. The summed E-state index contributed by atoms with van der Waals surface area (Å²) in [6, 6.07) is 4.40. The number of carbonyl (C=O) groups excluding carboxylic acids is 1. The Hall–Kier alpha value is -1.76. The summed E-state index contributed by atoms with van der Waals surface area (Å²) in [5.41, 5.74) is 1.41. The summed E-state index contributed by atoms with van der Waals surface area (Å²) in [5, 5.41) is 2.99. The Morgan fingerprint density at radius 2 is 2.38 bits per heavy atom. The van der Waals surface area contributed by atoms with Crippen molar-refractivity contribution in [2.75, 3.05) is 24.6 Å². The zero-order valence-electron chi connectivity index (χ0n) is 13.8. The highest BCUT2D eigenvalue weighted by Crippen LogP contribution is 2.31. The van der Waals surface area contributed by atoms with Crippen molar-refractivity contribution >= 4 is 28.8 Å². The van der Waals surface area contributed by atoms with Gasteiger partial charge in [0, 0.05) is 18.8 Å². The van der Waals surface area contributed by atoms with Crippen molar-refractivity contribution in [3.8, 4) is 0 Å². The summed E-state index contributed by atoms with van der Waals surface area (Å²) in [6.07, 6.45) is 2.98. The van der Waals surface area contributed by atoms with Gasteiger partial charge >= 0.3 is 6.03 Å². The molecular formula is C17H23FN4OS. The van der Waals surface area contributed by atoms with Gasteiger partial charge in [-0.05, 0) is 43.2 Å². The number of aromatic nitrogens is 2. The summed E-state index contributed by atoms with van der Waals surface area (Å²) >= 11 is 1.85. The number of hydrogen-bond donors (Lipinski definition) is 2. The lowest BCUT2D eigenvalue weighted by atomic mass is 10.2. The van der Waals surface area contributed by atoms with Crippen LogP contribution in [0.3, 0.4) is 0 Å². The van der Waals surface area contributed by atoms with Crippen LogP contribution in [0.4, 0.5) is 9.18 Å². The number of benzene rings is 1. The number of fused-ring (bicyclic) bond motifs is 1. The van der Waals surface area contributed by atoms with Crippen LogP contribution in [0.2, 0.25) is 0 Å². The van der Waals surface area contributed by atoms with Crippen molar-refractivity contribution in [2.24, 2.45) is 0 Å². The van der Waals surface area contributed by atoms with Crippen LogP contribution < -0.4 is 5.32 Å². The first-order valence-electron chi connectivity index (χ1n) is 8.46. The van der Waals surface area contributed by atoms with Crippen LogP contribution in [0, 0.1) is 5.82 Å². The van der Waals surface area contributed by atoms with Crippen LogP contribution in [-0.2, 0) is 0 Å². The van der Waals surface area contributed by atoms with Crippen LogP contribution in [0.1, 0.15) is 38.1 Å². The van der Waals surface area contributed by atoms with E-state index >= 15 is 0 Å². The molecule has 0 bridgehead atoms. The number of nitrogens with zero attached hydrogens (tertiary/aromatic N) is 2. The third-order valence-corrected chi connectivity index (χ3v) is 5.35. The number of urea groups is 1. The van der Waals surface area contributed by atoms with E-state index < -0.39 is 0 Å². The van der Waals surface area contributed by atoms with Gasteiger partial charge < -0.3 is 15.2 Å². The second-order valence-corrected chi connectivity index (χ2v) is 7.20. The lowest BCUT2D eigenvalue weighted by Gasteiger charge is -2.23. The van der Waals surface area contributed by atoms with Gasteiger partial charge in [0.2, 0.25) is 0 Å². The van der Waals surface area contributed by atoms with Gasteiger partial charge in [-0.3, -0.25) is 0 Å². The Labute approximate surface area is 145 Å². The second-order valence-electron chi connectivity index (χ2n) is 5.98. The van der Waals surface area contributed by atoms with E-state index in [-0.39, 0.29) is 17.9 Å². The molecule has 7 heteroatoms. The number of likely N-dealkylation sites (tertiary alicyclic amines) is 1. The van der Waals surface area contributed by atoms with Crippen molar-refractivity contribution in [3.63, 3.8) is 0 Å². The third kappa shape index (κ3) is 3.83. The van der Waals surface area contributed by atoms with Crippen molar-refractivity contribution < 1.29 is 9.18 Å². The number of rotatable bonds is 6. The Kier molecular flexibility index (Phi) is 5.60. The van der Waals surface area contributed by atoms with Crippen LogP contribution in [0.5, 0.6) is 0 Å². The zero-order chi connectivity index (χ0) is 16.9. The van der Waals surface area contributed by atoms with Gasteiger partial charge in [0.1, 0.15) is 11.6 Å². The highest BCUT2D eigenvalue weighted by molar-refractivity contribution is 7.99. The van der Waals surface area contributed by atoms with Crippen molar-refractivity contribution in [1.29, 1.82) is 0 Å². The van der Waals surface area contributed by atoms with Gasteiger partial charge in [0.05, 0.1) is 17.1 Å². The summed E-state index contributed by atoms with van der Waals surface area (Å²) in [5.74, 6) is 2.51. The molecule has 0 saturated carbocycles. The first-order valence-corrected chi connectivity index (χ1v) is 9.62. The Bertz CT molecular complexity index is 705. The van der Waals surface area contributed by atoms with Crippen molar-refractivity contribution in [3.05, 3.63) is 29.8 Å². The molecule has 1 fully saturated rings. The number of imidazole rings is 1. The minimum absolute atomic E-state index is 0.0405. The van der Waals surface area contributed by atoms with Crippen LogP contribution >= 0.6 is 11.8 Å². The van der Waals surface area contributed by atoms with Gasteiger partial charge in [-0.1, -0.05) is 6.92 Å². The molecule has 0 spiro atoms. The average Bonchev–Trinajstić information content (AvgIpc) is 3.20. The number of amides is 2. The number of halogens is 1. The molecule has 2 heterocycles. The molecule has 0 aliphatic carbocycles. The highest BCUT2D eigenvalue weighted by atomic mass is 32.2. The normalized spacial score (nSPS) is 17.6. The van der Waals surface area contributed by atoms with Crippen LogP contribution in [0.25, 0.3) is 11.0 Å². The van der Waals surface area contributed by atoms with E-state index in [4.69, 9.17) is 0 Å². The summed E-state index contributed by atoms with van der Waals surface area (Å²) < 4.78 is 13.3. The van der Waals surface area contributed by atoms with Gasteiger partial charge in [-0.25, -0.2) is 14.2 Å². The fourth-order valence-electron chi connectivity index (χ4n) is 3.03. The number of thioether (sulfide) groups is 1. The number of aromatic amines is 1. The first kappa shape index (κ1) is 17.1. The number of carbonyl (C=O) groups is 1. The highest BCUT2D eigenvalue weighted by Gasteiger charge is 2.32. The number of hydrogen-bond acceptors (Lipinski definition) is 3. The van der Waals surface area contributed by atoms with Crippen LogP contribution in [-0.4, -0.2) is 45.5 Å². The molecule has 1 saturated heterocycles. The van der Waals surface area contributed by atoms with E-state index in [1.54, 1.807) is 6.07 Å². The van der Waals surface area contributed by atoms with Crippen LogP contribution in [0.15, 0.2) is 18.2 Å². The van der Waals surface area contributed by atoms with Gasteiger partial charge in [0.15, 0.2) is 0 Å². The van der Waals surface area contributed by atoms with Crippen molar-refractivity contribution in [2.45, 2.75) is 32.2 Å². The molecule has 0 radical (unpaired) electrons. The molecule has 3 rings (SSSR count). The molecule has 1 aromatic carbocycles. The molecule has 2 N–H and O–H groups in total. The minimum atomic E-state index is -0.289. The fraction of sp³-hybridized carbons (Fsp3) is 0.529. The van der Waals surface area contributed by atoms with E-state index in [0.29, 0.717) is 12.1 Å². The van der Waals surface area contributed by atoms with E-state index in [1.807, 2.05) is 16.7 Å². The average molecular weight is 350 g/mol. The second kappa shape index (κ2) is 7.88. The molecule has 130 valence electrons. The molecule has 1 atom stereocenters. The maximum atomic E-state index is 13.3. The van der Waals surface area contributed by atoms with E-state index in [1.165, 1.54) is 12.1 Å². The molecule has 2 amide bonds. The standard InChI is InChI=1S/C17H23FN4OS/c1-2-9-24-10-7-19-17(23)22-8-3-4-15(22)16-20-13-6-5-12(18)11-14(13)21-16/h5-6,11,15H,2-4,7-10H2,1H3,(H,19,23)(H,20,21). The topological polar surface area (TPSA) is 61.0 Å². The van der Waals surface area contributed by atoms with E-state index in [2.05, 4.69) is 22.2 Å². The zero-order valence-corrected chi connectivity index (χ0v) is 14.7. The molecule has 5 nitrogen and oxygen atoms in total.